The van der Waals surface area contributed by atoms with Crippen LogP contribution in [0.4, 0.5) is 0 Å². The van der Waals surface area contributed by atoms with Crippen LogP contribution in [0.5, 0.6) is 0 Å². The van der Waals surface area contributed by atoms with Crippen LogP contribution in [-0.2, 0) is 19.1 Å². The summed E-state index contributed by atoms with van der Waals surface area (Å²) < 4.78 is 9.55. The van der Waals surface area contributed by atoms with Crippen LogP contribution in [0.1, 0.15) is 84.5 Å². The summed E-state index contributed by atoms with van der Waals surface area (Å²) in [6, 6.07) is 0. The number of hydrogen-bond acceptors (Lipinski definition) is 4. The summed E-state index contributed by atoms with van der Waals surface area (Å²) in [7, 11) is 0. The summed E-state index contributed by atoms with van der Waals surface area (Å²) in [5, 5.41) is 0. The first-order valence-electron chi connectivity index (χ1n) is 8.56. The minimum Gasteiger partial charge on any atom is -0.457 e. The summed E-state index contributed by atoms with van der Waals surface area (Å²) >= 11 is 0. The second-order valence-electron chi connectivity index (χ2n) is 5.45. The lowest BCUT2D eigenvalue weighted by Gasteiger charge is -2.05. The quantitative estimate of drug-likeness (QED) is 0.287. The van der Waals surface area contributed by atoms with E-state index < -0.39 is 11.9 Å². The lowest BCUT2D eigenvalue weighted by molar-refractivity contribution is -0.167. The molecule has 0 saturated heterocycles. The molecule has 124 valence electrons. The van der Waals surface area contributed by atoms with E-state index in [0.717, 1.165) is 12.8 Å². The molecule has 0 aliphatic carbocycles. The Labute approximate surface area is 129 Å². The Morgan fingerprint density at radius 1 is 0.571 bits per heavy atom. The van der Waals surface area contributed by atoms with Gasteiger partial charge in [-0.3, -0.25) is 0 Å². The lowest BCUT2D eigenvalue weighted by atomic mass is 10.1. The predicted molar refractivity (Wildman–Crippen MR) is 84.1 cm³/mol. The summed E-state index contributed by atoms with van der Waals surface area (Å²) in [5.74, 6) is -1.73. The van der Waals surface area contributed by atoms with Gasteiger partial charge in [0.25, 0.3) is 0 Å². The molecule has 0 aromatic rings. The van der Waals surface area contributed by atoms with Crippen molar-refractivity contribution in [2.45, 2.75) is 84.5 Å². The Hall–Kier alpha value is -1.06. The second kappa shape index (κ2) is 15.3. The van der Waals surface area contributed by atoms with E-state index in [9.17, 15) is 9.59 Å². The third-order valence-electron chi connectivity index (χ3n) is 3.33. The summed E-state index contributed by atoms with van der Waals surface area (Å²) in [4.78, 5) is 22.3. The van der Waals surface area contributed by atoms with Crippen molar-refractivity contribution in [3.8, 4) is 0 Å². The van der Waals surface area contributed by atoms with Gasteiger partial charge >= 0.3 is 11.9 Å². The fourth-order valence-electron chi connectivity index (χ4n) is 2.07. The maximum atomic E-state index is 11.2. The minimum atomic E-state index is -0.871. The normalized spacial score (nSPS) is 10.4. The molecule has 0 aromatic heterocycles. The molecule has 0 unspecified atom stereocenters. The van der Waals surface area contributed by atoms with E-state index in [4.69, 9.17) is 4.74 Å². The third kappa shape index (κ3) is 13.7. The topological polar surface area (TPSA) is 52.6 Å². The SMILES string of the molecule is CCCCCCCCCCCCOC(=O)C(=O)OCCC. The van der Waals surface area contributed by atoms with Crippen molar-refractivity contribution in [1.29, 1.82) is 0 Å². The standard InChI is InChI=1S/C17H32O4/c1-3-5-6-7-8-9-10-11-12-13-15-21-17(19)16(18)20-14-4-2/h3-15H2,1-2H3. The monoisotopic (exact) mass is 300 g/mol. The first-order chi connectivity index (χ1) is 10.2. The first-order valence-corrected chi connectivity index (χ1v) is 8.56. The molecule has 0 atom stereocenters. The number of rotatable bonds is 13. The molecule has 21 heavy (non-hydrogen) atoms. The van der Waals surface area contributed by atoms with Gasteiger partial charge < -0.3 is 9.47 Å². The number of carbonyl (C=O) groups excluding carboxylic acids is 2. The van der Waals surface area contributed by atoms with Gasteiger partial charge in [-0.05, 0) is 12.8 Å². The van der Waals surface area contributed by atoms with Crippen LogP contribution in [0.25, 0.3) is 0 Å². The Kier molecular flexibility index (Phi) is 14.6. The van der Waals surface area contributed by atoms with Gasteiger partial charge in [-0.2, -0.15) is 0 Å². The number of esters is 2. The van der Waals surface area contributed by atoms with Crippen molar-refractivity contribution in [1.82, 2.24) is 0 Å². The lowest BCUT2D eigenvalue weighted by Crippen LogP contribution is -2.21. The van der Waals surface area contributed by atoms with Gasteiger partial charge in [-0.1, -0.05) is 71.6 Å². The van der Waals surface area contributed by atoms with E-state index in [0.29, 0.717) is 13.0 Å². The zero-order valence-corrected chi connectivity index (χ0v) is 13.8. The Morgan fingerprint density at radius 3 is 1.48 bits per heavy atom. The smallest absolute Gasteiger partial charge is 0.417 e. The molecule has 0 spiro atoms. The molecule has 0 amide bonds. The van der Waals surface area contributed by atoms with Crippen LogP contribution in [-0.4, -0.2) is 25.2 Å². The Bertz CT molecular complexity index is 264. The van der Waals surface area contributed by atoms with Gasteiger partial charge in [0.05, 0.1) is 13.2 Å². The molecule has 0 bridgehead atoms. The molecular weight excluding hydrogens is 268 g/mol. The van der Waals surface area contributed by atoms with Crippen molar-refractivity contribution < 1.29 is 19.1 Å². The van der Waals surface area contributed by atoms with E-state index >= 15 is 0 Å². The van der Waals surface area contributed by atoms with Crippen molar-refractivity contribution in [3.05, 3.63) is 0 Å². The van der Waals surface area contributed by atoms with Gasteiger partial charge in [0, 0.05) is 0 Å². The van der Waals surface area contributed by atoms with Crippen LogP contribution in [0, 0.1) is 0 Å². The van der Waals surface area contributed by atoms with Gasteiger partial charge in [-0.15, -0.1) is 0 Å². The summed E-state index contributed by atoms with van der Waals surface area (Å²) in [5.41, 5.74) is 0. The largest absolute Gasteiger partial charge is 0.457 e. The van der Waals surface area contributed by atoms with Crippen LogP contribution in [0.15, 0.2) is 0 Å². The van der Waals surface area contributed by atoms with Crippen molar-refractivity contribution in [2.75, 3.05) is 13.2 Å². The van der Waals surface area contributed by atoms with Crippen LogP contribution < -0.4 is 0 Å². The highest BCUT2D eigenvalue weighted by atomic mass is 16.6. The minimum absolute atomic E-state index is 0.270. The molecule has 0 aliphatic rings. The van der Waals surface area contributed by atoms with E-state index in [-0.39, 0.29) is 6.61 Å². The number of hydrogen-bond donors (Lipinski definition) is 0. The Balaban J connectivity index is 3.24. The van der Waals surface area contributed by atoms with Crippen LogP contribution >= 0.6 is 0 Å². The zero-order chi connectivity index (χ0) is 15.8. The van der Waals surface area contributed by atoms with E-state index in [1.165, 1.54) is 51.4 Å². The molecule has 0 N–H and O–H groups in total. The van der Waals surface area contributed by atoms with Crippen molar-refractivity contribution in [3.63, 3.8) is 0 Å². The number of unbranched alkanes of at least 4 members (excludes halogenated alkanes) is 9. The molecule has 0 saturated carbocycles. The highest BCUT2D eigenvalue weighted by Crippen LogP contribution is 2.10. The summed E-state index contributed by atoms with van der Waals surface area (Å²) in [6.07, 6.45) is 13.0. The first kappa shape index (κ1) is 19.9. The predicted octanol–water partition coefficient (Wildman–Crippen LogP) is 4.40. The molecule has 0 aliphatic heterocycles. The van der Waals surface area contributed by atoms with E-state index in [2.05, 4.69) is 11.7 Å². The molecule has 0 fully saturated rings. The molecule has 0 heterocycles. The van der Waals surface area contributed by atoms with E-state index in [1.807, 2.05) is 6.92 Å². The molecule has 0 rings (SSSR count). The highest BCUT2D eigenvalue weighted by Gasteiger charge is 2.16. The third-order valence-corrected chi connectivity index (χ3v) is 3.33. The zero-order valence-electron chi connectivity index (χ0n) is 13.8. The average Bonchev–Trinajstić information content (AvgIpc) is 2.49. The number of carbonyl (C=O) groups is 2. The fraction of sp³-hybridized carbons (Fsp3) is 0.882. The Morgan fingerprint density at radius 2 is 1.00 bits per heavy atom. The van der Waals surface area contributed by atoms with Crippen LogP contribution in [0.2, 0.25) is 0 Å². The van der Waals surface area contributed by atoms with Gasteiger partial charge in [0.1, 0.15) is 0 Å². The second-order valence-corrected chi connectivity index (χ2v) is 5.45. The number of ether oxygens (including phenoxy) is 2. The fourth-order valence-corrected chi connectivity index (χ4v) is 2.07. The van der Waals surface area contributed by atoms with E-state index in [1.54, 1.807) is 0 Å². The van der Waals surface area contributed by atoms with Gasteiger partial charge in [-0.25, -0.2) is 9.59 Å². The molecule has 0 aromatic carbocycles. The molecule has 4 nitrogen and oxygen atoms in total. The van der Waals surface area contributed by atoms with Gasteiger partial charge in [0.2, 0.25) is 0 Å². The van der Waals surface area contributed by atoms with Gasteiger partial charge in [0.15, 0.2) is 0 Å². The van der Waals surface area contributed by atoms with Crippen molar-refractivity contribution in [2.24, 2.45) is 0 Å². The van der Waals surface area contributed by atoms with Crippen LogP contribution in [0.3, 0.4) is 0 Å². The summed E-state index contributed by atoms with van der Waals surface area (Å²) in [6.45, 7) is 4.70. The van der Waals surface area contributed by atoms with Crippen molar-refractivity contribution >= 4 is 11.9 Å². The maximum absolute atomic E-state index is 11.2. The molecular formula is C17H32O4. The highest BCUT2D eigenvalue weighted by molar-refractivity contribution is 6.29. The maximum Gasteiger partial charge on any atom is 0.417 e. The molecule has 0 radical (unpaired) electrons. The average molecular weight is 300 g/mol. The molecule has 4 heteroatoms.